The first-order chi connectivity index (χ1) is 6.61. The van der Waals surface area contributed by atoms with Gasteiger partial charge in [0.1, 0.15) is 5.82 Å². The van der Waals surface area contributed by atoms with Crippen LogP contribution in [0.3, 0.4) is 0 Å². The number of hydrogen-bond acceptors (Lipinski definition) is 3. The van der Waals surface area contributed by atoms with Crippen molar-refractivity contribution in [1.82, 2.24) is 0 Å². The molecule has 5 heteroatoms. The summed E-state index contributed by atoms with van der Waals surface area (Å²) in [7, 11) is 0. The second-order valence-electron chi connectivity index (χ2n) is 2.48. The van der Waals surface area contributed by atoms with Gasteiger partial charge in [-0.3, -0.25) is 9.59 Å². The van der Waals surface area contributed by atoms with Gasteiger partial charge in [0.15, 0.2) is 6.29 Å². The molecule has 0 aliphatic rings. The van der Waals surface area contributed by atoms with Crippen LogP contribution < -0.4 is 5.73 Å². The van der Waals surface area contributed by atoms with E-state index >= 15 is 0 Å². The summed E-state index contributed by atoms with van der Waals surface area (Å²) in [6, 6.07) is 3.69. The number of nitrogens with two attached hydrogens (primary N) is 1. The smallest absolute Gasteiger partial charge is 0.250 e. The molecule has 2 N–H and O–H groups in total. The van der Waals surface area contributed by atoms with Crippen LogP contribution in [-0.2, 0) is 0 Å². The maximum atomic E-state index is 13.0. The Bertz CT molecular complexity index is 449. The van der Waals surface area contributed by atoms with Crippen molar-refractivity contribution < 1.29 is 14.0 Å². The highest BCUT2D eigenvalue weighted by Crippen LogP contribution is 2.15. The van der Waals surface area contributed by atoms with Crippen LogP contribution in [0.15, 0.2) is 12.1 Å². The van der Waals surface area contributed by atoms with Gasteiger partial charge in [-0.25, -0.2) is 4.39 Å². The first kappa shape index (κ1) is 9.86. The Kier molecular flexibility index (Phi) is 2.58. The number of carbonyl (C=O) groups is 2. The predicted molar refractivity (Wildman–Crippen MR) is 45.0 cm³/mol. The summed E-state index contributed by atoms with van der Waals surface area (Å²) in [6.45, 7) is 0. The van der Waals surface area contributed by atoms with Crippen LogP contribution in [0.5, 0.6) is 0 Å². The van der Waals surface area contributed by atoms with Crippen molar-refractivity contribution in [2.24, 2.45) is 5.73 Å². The van der Waals surface area contributed by atoms with Crippen molar-refractivity contribution in [2.45, 2.75) is 0 Å². The summed E-state index contributed by atoms with van der Waals surface area (Å²) in [5.41, 5.74) is 3.96. The lowest BCUT2D eigenvalue weighted by atomic mass is 10.0. The van der Waals surface area contributed by atoms with Gasteiger partial charge in [-0.05, 0) is 12.1 Å². The van der Waals surface area contributed by atoms with Crippen LogP contribution in [0.4, 0.5) is 4.39 Å². The molecule has 0 aliphatic heterocycles. The number of amides is 1. The maximum Gasteiger partial charge on any atom is 0.250 e. The second-order valence-corrected chi connectivity index (χ2v) is 2.48. The molecule has 70 valence electrons. The van der Waals surface area contributed by atoms with Crippen molar-refractivity contribution in [1.29, 1.82) is 5.26 Å². The quantitative estimate of drug-likeness (QED) is 0.696. The highest BCUT2D eigenvalue weighted by molar-refractivity contribution is 6.02. The van der Waals surface area contributed by atoms with Gasteiger partial charge in [0, 0.05) is 0 Å². The molecule has 1 rings (SSSR count). The fourth-order valence-electron chi connectivity index (χ4n) is 1.07. The average Bonchev–Trinajstić information content (AvgIpc) is 2.17. The summed E-state index contributed by atoms with van der Waals surface area (Å²) >= 11 is 0. The maximum absolute atomic E-state index is 13.0. The van der Waals surface area contributed by atoms with E-state index in [1.165, 1.54) is 0 Å². The van der Waals surface area contributed by atoms with Crippen LogP contribution in [0.2, 0.25) is 0 Å². The fourth-order valence-corrected chi connectivity index (χ4v) is 1.07. The molecule has 0 bridgehead atoms. The number of hydrogen-bond donors (Lipinski definition) is 1. The second kappa shape index (κ2) is 3.66. The highest BCUT2D eigenvalue weighted by atomic mass is 19.1. The monoisotopic (exact) mass is 192 g/mol. The van der Waals surface area contributed by atoms with Crippen LogP contribution in [0, 0.1) is 17.1 Å². The zero-order chi connectivity index (χ0) is 10.7. The number of rotatable bonds is 2. The molecule has 0 atom stereocenters. The number of aldehydes is 1. The first-order valence-electron chi connectivity index (χ1n) is 3.59. The van der Waals surface area contributed by atoms with E-state index in [0.29, 0.717) is 0 Å². The average molecular weight is 192 g/mol. The third-order valence-electron chi connectivity index (χ3n) is 1.68. The molecule has 0 aromatic heterocycles. The third-order valence-corrected chi connectivity index (χ3v) is 1.68. The van der Waals surface area contributed by atoms with Crippen molar-refractivity contribution >= 4 is 12.2 Å². The van der Waals surface area contributed by atoms with E-state index in [-0.39, 0.29) is 17.4 Å². The van der Waals surface area contributed by atoms with E-state index in [1.54, 1.807) is 6.07 Å². The van der Waals surface area contributed by atoms with E-state index in [4.69, 9.17) is 11.0 Å². The molecule has 4 nitrogen and oxygen atoms in total. The third kappa shape index (κ3) is 1.45. The van der Waals surface area contributed by atoms with Crippen molar-refractivity contribution in [3.63, 3.8) is 0 Å². The minimum absolute atomic E-state index is 0.110. The summed E-state index contributed by atoms with van der Waals surface area (Å²) in [6.07, 6.45) is 0.163. The molecule has 0 radical (unpaired) electrons. The molecular weight excluding hydrogens is 187 g/mol. The van der Waals surface area contributed by atoms with Crippen LogP contribution >= 0.6 is 0 Å². The van der Waals surface area contributed by atoms with E-state index in [1.807, 2.05) is 0 Å². The zero-order valence-corrected chi connectivity index (χ0v) is 6.95. The van der Waals surface area contributed by atoms with E-state index < -0.39 is 17.3 Å². The number of carbonyl (C=O) groups excluding carboxylic acids is 2. The van der Waals surface area contributed by atoms with Crippen LogP contribution in [-0.4, -0.2) is 12.2 Å². The van der Waals surface area contributed by atoms with Gasteiger partial charge in [-0.1, -0.05) is 0 Å². The van der Waals surface area contributed by atoms with Gasteiger partial charge in [-0.15, -0.1) is 0 Å². The van der Waals surface area contributed by atoms with Crippen LogP contribution in [0.25, 0.3) is 0 Å². The molecule has 0 fully saturated rings. The van der Waals surface area contributed by atoms with Crippen molar-refractivity contribution in [2.75, 3.05) is 0 Å². The molecule has 0 heterocycles. The van der Waals surface area contributed by atoms with Crippen LogP contribution in [0.1, 0.15) is 26.3 Å². The zero-order valence-electron chi connectivity index (χ0n) is 6.95. The van der Waals surface area contributed by atoms with Gasteiger partial charge >= 0.3 is 0 Å². The normalized spacial score (nSPS) is 9.14. The standard InChI is InChI=1S/C9H5FN2O2/c10-7-2-1-5(3-11)8(9(12)14)6(7)4-13/h1-2,4H,(H2,12,14). The summed E-state index contributed by atoms with van der Waals surface area (Å²) in [4.78, 5) is 21.3. The van der Waals surface area contributed by atoms with Gasteiger partial charge in [0.25, 0.3) is 5.91 Å². The predicted octanol–water partition coefficient (Wildman–Crippen LogP) is 0.609. The number of benzene rings is 1. The Hall–Kier alpha value is -2.22. The molecule has 0 saturated carbocycles. The van der Waals surface area contributed by atoms with Gasteiger partial charge < -0.3 is 5.73 Å². The Balaban J connectivity index is 3.62. The summed E-state index contributed by atoms with van der Waals surface area (Å²) in [5, 5.41) is 8.58. The number of primary amides is 1. The van der Waals surface area contributed by atoms with Crippen molar-refractivity contribution in [3.05, 3.63) is 34.6 Å². The fraction of sp³-hybridized carbons (Fsp3) is 0. The summed E-state index contributed by atoms with van der Waals surface area (Å²) in [5.74, 6) is -1.86. The molecule has 1 aromatic rings. The number of nitrogens with zero attached hydrogens (tertiary/aromatic N) is 1. The lowest BCUT2D eigenvalue weighted by molar-refractivity contribution is 0.0991. The first-order valence-corrected chi connectivity index (χ1v) is 3.59. The lowest BCUT2D eigenvalue weighted by Gasteiger charge is -2.03. The minimum atomic E-state index is -0.997. The highest BCUT2D eigenvalue weighted by Gasteiger charge is 2.17. The lowest BCUT2D eigenvalue weighted by Crippen LogP contribution is -2.16. The Morgan fingerprint density at radius 3 is 2.64 bits per heavy atom. The van der Waals surface area contributed by atoms with Gasteiger partial charge in [-0.2, -0.15) is 5.26 Å². The molecule has 1 aromatic carbocycles. The van der Waals surface area contributed by atoms with Crippen molar-refractivity contribution in [3.8, 4) is 6.07 Å². The van der Waals surface area contributed by atoms with E-state index in [0.717, 1.165) is 12.1 Å². The van der Waals surface area contributed by atoms with E-state index in [9.17, 15) is 14.0 Å². The molecule has 0 spiro atoms. The molecule has 0 unspecified atom stereocenters. The largest absolute Gasteiger partial charge is 0.366 e. The Morgan fingerprint density at radius 1 is 1.57 bits per heavy atom. The number of nitriles is 1. The van der Waals surface area contributed by atoms with Gasteiger partial charge in [0.2, 0.25) is 0 Å². The Labute approximate surface area is 78.7 Å². The molecule has 1 amide bonds. The molecule has 0 saturated heterocycles. The SMILES string of the molecule is N#Cc1ccc(F)c(C=O)c1C(N)=O. The minimum Gasteiger partial charge on any atom is -0.366 e. The molecule has 14 heavy (non-hydrogen) atoms. The molecular formula is C9H5FN2O2. The van der Waals surface area contributed by atoms with E-state index in [2.05, 4.69) is 0 Å². The molecule has 0 aliphatic carbocycles. The topological polar surface area (TPSA) is 83.9 Å². The number of halogens is 1. The summed E-state index contributed by atoms with van der Waals surface area (Å²) < 4.78 is 13.0. The Morgan fingerprint density at radius 2 is 2.21 bits per heavy atom. The van der Waals surface area contributed by atoms with Gasteiger partial charge in [0.05, 0.1) is 22.8 Å².